The van der Waals surface area contributed by atoms with Crippen LogP contribution in [0.3, 0.4) is 0 Å². The van der Waals surface area contributed by atoms with Crippen LogP contribution in [-0.2, 0) is 11.2 Å². The minimum Gasteiger partial charge on any atom is -0.497 e. The highest BCUT2D eigenvalue weighted by Crippen LogP contribution is 2.24. The zero-order chi connectivity index (χ0) is 22.5. The molecule has 0 saturated heterocycles. The van der Waals surface area contributed by atoms with Crippen LogP contribution in [0.5, 0.6) is 11.8 Å². The summed E-state index contributed by atoms with van der Waals surface area (Å²) >= 11 is 0. The number of hydrogen-bond donors (Lipinski definition) is 1. The summed E-state index contributed by atoms with van der Waals surface area (Å²) in [4.78, 5) is 16.9. The SMILES string of the molecule is COc1ccc(CC(=O)Nc2ccc(-n3nc(OC)nc3-c3ccc(C)cc3)cc2)cc1. The Morgan fingerprint density at radius 2 is 1.59 bits per heavy atom. The summed E-state index contributed by atoms with van der Waals surface area (Å²) in [6, 6.07) is 23.3. The van der Waals surface area contributed by atoms with Crippen LogP contribution in [0.15, 0.2) is 72.8 Å². The fraction of sp³-hybridized carbons (Fsp3) is 0.160. The van der Waals surface area contributed by atoms with Gasteiger partial charge in [0.2, 0.25) is 5.91 Å². The molecule has 32 heavy (non-hydrogen) atoms. The Kier molecular flexibility index (Phi) is 6.17. The van der Waals surface area contributed by atoms with Crippen LogP contribution in [0.4, 0.5) is 5.69 Å². The first-order valence-corrected chi connectivity index (χ1v) is 10.2. The van der Waals surface area contributed by atoms with Crippen molar-refractivity contribution < 1.29 is 14.3 Å². The summed E-state index contributed by atoms with van der Waals surface area (Å²) < 4.78 is 12.1. The highest BCUT2D eigenvalue weighted by Gasteiger charge is 2.14. The topological polar surface area (TPSA) is 78.3 Å². The first-order valence-electron chi connectivity index (χ1n) is 10.2. The number of carbonyl (C=O) groups excluding carboxylic acids is 1. The Morgan fingerprint density at radius 3 is 2.22 bits per heavy atom. The van der Waals surface area contributed by atoms with Crippen LogP contribution < -0.4 is 14.8 Å². The number of benzene rings is 3. The minimum atomic E-state index is -0.0920. The molecule has 0 saturated carbocycles. The third kappa shape index (κ3) is 4.78. The molecular formula is C25H24N4O3. The van der Waals surface area contributed by atoms with Gasteiger partial charge >= 0.3 is 6.01 Å². The largest absolute Gasteiger partial charge is 0.497 e. The quantitative estimate of drug-likeness (QED) is 0.471. The highest BCUT2D eigenvalue weighted by molar-refractivity contribution is 5.92. The molecule has 0 aliphatic carbocycles. The molecule has 3 aromatic carbocycles. The molecule has 0 radical (unpaired) electrons. The molecule has 1 N–H and O–H groups in total. The lowest BCUT2D eigenvalue weighted by atomic mass is 10.1. The van der Waals surface area contributed by atoms with Crippen molar-refractivity contribution in [1.29, 1.82) is 0 Å². The fourth-order valence-corrected chi connectivity index (χ4v) is 3.27. The van der Waals surface area contributed by atoms with Gasteiger partial charge < -0.3 is 14.8 Å². The number of nitrogens with one attached hydrogen (secondary N) is 1. The minimum absolute atomic E-state index is 0.0920. The molecule has 7 nitrogen and oxygen atoms in total. The molecule has 0 aliphatic rings. The summed E-state index contributed by atoms with van der Waals surface area (Å²) in [7, 11) is 3.16. The summed E-state index contributed by atoms with van der Waals surface area (Å²) in [5, 5.41) is 7.37. The summed E-state index contributed by atoms with van der Waals surface area (Å²) in [5.41, 5.74) is 4.53. The predicted molar refractivity (Wildman–Crippen MR) is 123 cm³/mol. The van der Waals surface area contributed by atoms with Crippen LogP contribution in [-0.4, -0.2) is 34.9 Å². The number of anilines is 1. The van der Waals surface area contributed by atoms with Gasteiger partial charge in [-0.1, -0.05) is 42.0 Å². The van der Waals surface area contributed by atoms with Crippen molar-refractivity contribution in [1.82, 2.24) is 14.8 Å². The molecule has 0 unspecified atom stereocenters. The average molecular weight is 428 g/mol. The number of nitrogens with zero attached hydrogens (tertiary/aromatic N) is 3. The zero-order valence-corrected chi connectivity index (χ0v) is 18.2. The van der Waals surface area contributed by atoms with E-state index in [4.69, 9.17) is 9.47 Å². The molecule has 1 heterocycles. The lowest BCUT2D eigenvalue weighted by Crippen LogP contribution is -2.14. The van der Waals surface area contributed by atoms with E-state index in [0.29, 0.717) is 11.5 Å². The number of rotatable bonds is 7. The Balaban J connectivity index is 1.50. The van der Waals surface area contributed by atoms with Gasteiger partial charge in [0.15, 0.2) is 5.82 Å². The van der Waals surface area contributed by atoms with E-state index < -0.39 is 0 Å². The van der Waals surface area contributed by atoms with Gasteiger partial charge in [0.1, 0.15) is 5.75 Å². The van der Waals surface area contributed by atoms with E-state index in [1.807, 2.05) is 79.7 Å². The van der Waals surface area contributed by atoms with Crippen molar-refractivity contribution in [3.05, 3.63) is 83.9 Å². The van der Waals surface area contributed by atoms with E-state index in [0.717, 1.165) is 22.6 Å². The number of aryl methyl sites for hydroxylation is 1. The Hall–Kier alpha value is -4.13. The molecule has 0 fully saturated rings. The molecule has 0 spiro atoms. The van der Waals surface area contributed by atoms with E-state index in [2.05, 4.69) is 15.4 Å². The normalized spacial score (nSPS) is 10.6. The van der Waals surface area contributed by atoms with Crippen molar-refractivity contribution >= 4 is 11.6 Å². The van der Waals surface area contributed by atoms with Crippen molar-refractivity contribution in [2.24, 2.45) is 0 Å². The maximum absolute atomic E-state index is 12.4. The lowest BCUT2D eigenvalue weighted by molar-refractivity contribution is -0.115. The second-order valence-corrected chi connectivity index (χ2v) is 7.32. The maximum atomic E-state index is 12.4. The van der Waals surface area contributed by atoms with Crippen LogP contribution in [0, 0.1) is 6.92 Å². The van der Waals surface area contributed by atoms with Crippen molar-refractivity contribution in [2.45, 2.75) is 13.3 Å². The van der Waals surface area contributed by atoms with Crippen molar-refractivity contribution in [3.8, 4) is 28.8 Å². The van der Waals surface area contributed by atoms with Crippen molar-refractivity contribution in [2.75, 3.05) is 19.5 Å². The van der Waals surface area contributed by atoms with Crippen LogP contribution >= 0.6 is 0 Å². The Labute approximate surface area is 186 Å². The standard InChI is InChI=1S/C25H24N4O3/c1-17-4-8-19(9-5-17)24-27-25(32-3)28-29(24)21-12-10-20(11-13-21)26-23(30)16-18-6-14-22(31-2)15-7-18/h4-15H,16H2,1-3H3,(H,26,30). The highest BCUT2D eigenvalue weighted by atomic mass is 16.5. The number of methoxy groups -OCH3 is 2. The van der Waals surface area contributed by atoms with E-state index in [-0.39, 0.29) is 18.3 Å². The van der Waals surface area contributed by atoms with E-state index >= 15 is 0 Å². The van der Waals surface area contributed by atoms with Crippen LogP contribution in [0.2, 0.25) is 0 Å². The van der Waals surface area contributed by atoms with Crippen molar-refractivity contribution in [3.63, 3.8) is 0 Å². The van der Waals surface area contributed by atoms with Gasteiger partial charge in [0, 0.05) is 11.3 Å². The molecule has 0 bridgehead atoms. The smallest absolute Gasteiger partial charge is 0.336 e. The number of ether oxygens (including phenoxy) is 2. The van der Waals surface area contributed by atoms with Gasteiger partial charge in [-0.05, 0) is 48.9 Å². The molecule has 7 heteroatoms. The average Bonchev–Trinajstić information content (AvgIpc) is 3.25. The summed E-state index contributed by atoms with van der Waals surface area (Å²) in [6.45, 7) is 2.04. The van der Waals surface area contributed by atoms with Gasteiger partial charge in [-0.25, -0.2) is 4.68 Å². The lowest BCUT2D eigenvalue weighted by Gasteiger charge is -2.09. The maximum Gasteiger partial charge on any atom is 0.336 e. The molecule has 1 aromatic heterocycles. The molecule has 162 valence electrons. The predicted octanol–water partition coefficient (Wildman–Crippen LogP) is 4.44. The molecule has 4 aromatic rings. The number of hydrogen-bond acceptors (Lipinski definition) is 5. The summed E-state index contributed by atoms with van der Waals surface area (Å²) in [6.07, 6.45) is 0.281. The molecular weight excluding hydrogens is 404 g/mol. The first-order chi connectivity index (χ1) is 15.6. The number of amides is 1. The second kappa shape index (κ2) is 9.34. The Morgan fingerprint density at radius 1 is 0.906 bits per heavy atom. The first kappa shape index (κ1) is 21.1. The zero-order valence-electron chi connectivity index (χ0n) is 18.2. The van der Waals surface area contributed by atoms with E-state index in [1.165, 1.54) is 5.56 Å². The third-order valence-electron chi connectivity index (χ3n) is 5.00. The van der Waals surface area contributed by atoms with E-state index in [1.54, 1.807) is 18.9 Å². The van der Waals surface area contributed by atoms with Gasteiger partial charge in [-0.3, -0.25) is 4.79 Å². The molecule has 0 aliphatic heterocycles. The Bertz CT molecular complexity index is 1200. The van der Waals surface area contributed by atoms with Gasteiger partial charge in [-0.15, -0.1) is 5.10 Å². The molecule has 1 amide bonds. The van der Waals surface area contributed by atoms with Gasteiger partial charge in [0.25, 0.3) is 0 Å². The second-order valence-electron chi connectivity index (χ2n) is 7.32. The fourth-order valence-electron chi connectivity index (χ4n) is 3.27. The monoisotopic (exact) mass is 428 g/mol. The van der Waals surface area contributed by atoms with Gasteiger partial charge in [0.05, 0.1) is 26.3 Å². The van der Waals surface area contributed by atoms with Crippen LogP contribution in [0.25, 0.3) is 17.1 Å². The molecule has 0 atom stereocenters. The van der Waals surface area contributed by atoms with E-state index in [9.17, 15) is 4.79 Å². The third-order valence-corrected chi connectivity index (χ3v) is 5.00. The number of carbonyl (C=O) groups is 1. The summed E-state index contributed by atoms with van der Waals surface area (Å²) in [5.74, 6) is 1.35. The van der Waals surface area contributed by atoms with Crippen LogP contribution in [0.1, 0.15) is 11.1 Å². The molecule has 4 rings (SSSR count). The number of aromatic nitrogens is 3. The van der Waals surface area contributed by atoms with Gasteiger partial charge in [-0.2, -0.15) is 4.98 Å².